The van der Waals surface area contributed by atoms with Gasteiger partial charge in [-0.1, -0.05) is 42.3 Å². The molecule has 0 N–H and O–H groups in total. The molecule has 2 aliphatic heterocycles. The molecular weight excluding hydrogens is 497 g/mol. The van der Waals surface area contributed by atoms with Gasteiger partial charge in [0.05, 0.1) is 5.69 Å². The maximum Gasteiger partial charge on any atom is 0.404 e. The van der Waals surface area contributed by atoms with Crippen LogP contribution in [0.5, 0.6) is 0 Å². The van der Waals surface area contributed by atoms with Gasteiger partial charge >= 0.3 is 6.18 Å². The van der Waals surface area contributed by atoms with E-state index in [4.69, 9.17) is 0 Å². The fourth-order valence-corrected chi connectivity index (χ4v) is 7.15. The molecule has 0 amide bonds. The molecule has 0 radical (unpaired) electrons. The quantitative estimate of drug-likeness (QED) is 0.314. The molecule has 0 spiro atoms. The van der Waals surface area contributed by atoms with Crippen LogP contribution in [0.4, 0.5) is 27.6 Å². The molecule has 3 fully saturated rings. The first-order valence-corrected chi connectivity index (χ1v) is 12.8. The van der Waals surface area contributed by atoms with E-state index in [1.165, 1.54) is 4.31 Å². The normalized spacial score (nSPS) is 28.4. The van der Waals surface area contributed by atoms with E-state index in [2.05, 4.69) is 10.2 Å². The maximum absolute atomic E-state index is 15.2. The summed E-state index contributed by atoms with van der Waals surface area (Å²) in [5.74, 6) is -0.671. The molecule has 1 saturated carbocycles. The average Bonchev–Trinajstić information content (AvgIpc) is 3.23. The molecule has 5 nitrogen and oxygen atoms in total. The number of alkyl halides is 3. The smallest absolute Gasteiger partial charge is 0.368 e. The molecule has 11 heteroatoms. The highest BCUT2D eigenvalue weighted by molar-refractivity contribution is 7.97. The summed E-state index contributed by atoms with van der Waals surface area (Å²) in [5, 5.41) is 7.48. The lowest BCUT2D eigenvalue weighted by Crippen LogP contribution is -2.44. The van der Waals surface area contributed by atoms with E-state index in [1.54, 1.807) is 12.7 Å². The third kappa shape index (κ3) is 4.36. The first-order valence-electron chi connectivity index (χ1n) is 11.9. The fraction of sp³-hybridized carbons (Fsp3) is 0.440. The van der Waals surface area contributed by atoms with Gasteiger partial charge < -0.3 is 9.47 Å². The first kappa shape index (κ1) is 23.7. The van der Waals surface area contributed by atoms with E-state index in [0.717, 1.165) is 29.6 Å². The maximum atomic E-state index is 15.2. The third-order valence-corrected chi connectivity index (χ3v) is 8.99. The summed E-state index contributed by atoms with van der Waals surface area (Å²) >= 11 is 1.06. The Balaban J connectivity index is 1.19. The van der Waals surface area contributed by atoms with Crippen LogP contribution in [0.3, 0.4) is 0 Å². The average molecular weight is 522 g/mol. The number of fused-ring (bicyclic) bond motifs is 1. The Morgan fingerprint density at radius 3 is 2.28 bits per heavy atom. The molecule has 1 aromatic heterocycles. The van der Waals surface area contributed by atoms with Crippen molar-refractivity contribution in [3.63, 3.8) is 0 Å². The number of rotatable bonds is 5. The second-order valence-electron chi connectivity index (χ2n) is 9.74. The van der Waals surface area contributed by atoms with Gasteiger partial charge in [-0.25, -0.2) is 13.1 Å². The summed E-state index contributed by atoms with van der Waals surface area (Å²) in [6, 6.07) is 10.1. The highest BCUT2D eigenvalue weighted by atomic mass is 32.2. The number of benzene rings is 2. The molecule has 2 saturated heterocycles. The minimum absolute atomic E-state index is 0.0709. The molecule has 190 valence electrons. The summed E-state index contributed by atoms with van der Waals surface area (Å²) in [5.41, 5.74) is 1.01. The van der Waals surface area contributed by atoms with Crippen molar-refractivity contribution in [3.8, 4) is 0 Å². The number of piperidine rings is 1. The lowest BCUT2D eigenvalue weighted by molar-refractivity contribution is -0.174. The third-order valence-electron chi connectivity index (χ3n) is 7.57. The second-order valence-corrected chi connectivity index (χ2v) is 11.0. The Morgan fingerprint density at radius 2 is 1.61 bits per heavy atom. The Labute approximate surface area is 209 Å². The zero-order chi connectivity index (χ0) is 25.0. The Hall–Kier alpha value is -2.66. The number of anilines is 1. The van der Waals surface area contributed by atoms with E-state index >= 15 is 8.78 Å². The van der Waals surface area contributed by atoms with Crippen molar-refractivity contribution in [2.45, 2.75) is 42.9 Å². The monoisotopic (exact) mass is 521 g/mol. The number of aromatic nitrogens is 3. The molecule has 3 heterocycles. The van der Waals surface area contributed by atoms with E-state index in [9.17, 15) is 13.2 Å². The van der Waals surface area contributed by atoms with E-state index < -0.39 is 23.9 Å². The Morgan fingerprint density at radius 1 is 0.917 bits per heavy atom. The van der Waals surface area contributed by atoms with Gasteiger partial charge in [-0.3, -0.25) is 0 Å². The molecular formula is C25H24F5N5S. The largest absolute Gasteiger partial charge is 0.404 e. The molecule has 6 rings (SSSR count). The summed E-state index contributed by atoms with van der Waals surface area (Å²) in [4.78, 5) is 1.82. The van der Waals surface area contributed by atoms with Gasteiger partial charge in [0.25, 0.3) is 0 Å². The number of nitrogens with zero attached hydrogens (tertiary/aromatic N) is 5. The van der Waals surface area contributed by atoms with Crippen LogP contribution in [0.25, 0.3) is 0 Å². The molecule has 0 unspecified atom stereocenters. The summed E-state index contributed by atoms with van der Waals surface area (Å²) in [6.07, 6.45) is -0.864. The Kier molecular flexibility index (Phi) is 5.94. The summed E-state index contributed by atoms with van der Waals surface area (Å²) in [7, 11) is 0. The summed E-state index contributed by atoms with van der Waals surface area (Å²) in [6.45, 7) is 0.836. The van der Waals surface area contributed by atoms with Gasteiger partial charge in [0, 0.05) is 54.4 Å². The van der Waals surface area contributed by atoms with Crippen LogP contribution in [0.1, 0.15) is 35.3 Å². The molecule has 36 heavy (non-hydrogen) atoms. The van der Waals surface area contributed by atoms with Gasteiger partial charge in [0.2, 0.25) is 0 Å². The van der Waals surface area contributed by atoms with Gasteiger partial charge in [-0.15, -0.1) is 10.2 Å². The van der Waals surface area contributed by atoms with Crippen LogP contribution >= 0.6 is 11.9 Å². The number of hydrogen-bond acceptors (Lipinski definition) is 5. The highest BCUT2D eigenvalue weighted by Gasteiger charge is 2.57. The van der Waals surface area contributed by atoms with Crippen molar-refractivity contribution >= 4 is 17.6 Å². The molecule has 5 atom stereocenters. The predicted octanol–water partition coefficient (Wildman–Crippen LogP) is 5.78. The molecule has 3 aromatic rings. The summed E-state index contributed by atoms with van der Waals surface area (Å²) < 4.78 is 74.8. The van der Waals surface area contributed by atoms with Crippen LogP contribution in [-0.4, -0.2) is 44.4 Å². The van der Waals surface area contributed by atoms with Gasteiger partial charge in [-0.05, 0) is 24.5 Å². The van der Waals surface area contributed by atoms with E-state index in [1.807, 2.05) is 39.8 Å². The van der Waals surface area contributed by atoms with E-state index in [0.29, 0.717) is 31.3 Å². The van der Waals surface area contributed by atoms with Crippen molar-refractivity contribution in [3.05, 3.63) is 77.9 Å². The topological polar surface area (TPSA) is 37.2 Å². The molecule has 0 bridgehead atoms. The zero-order valence-electron chi connectivity index (χ0n) is 19.2. The van der Waals surface area contributed by atoms with Crippen LogP contribution < -0.4 is 4.90 Å². The molecule has 2 aromatic carbocycles. The highest BCUT2D eigenvalue weighted by Crippen LogP contribution is 2.56. The van der Waals surface area contributed by atoms with Crippen LogP contribution in [0.2, 0.25) is 0 Å². The van der Waals surface area contributed by atoms with Crippen molar-refractivity contribution in [2.24, 2.45) is 11.8 Å². The predicted molar refractivity (Wildman–Crippen MR) is 126 cm³/mol. The lowest BCUT2D eigenvalue weighted by atomic mass is 10.0. The SMILES string of the molecule is Fc1cc(N2C[C@@H]3[C@H](C2)[C@H]3n2cnnc2)c(F)cc1CN1S[C@@H](c2ccccc2)CC[C@@H]1C(F)(F)F. The number of halogens is 5. The van der Waals surface area contributed by atoms with Crippen LogP contribution in [0, 0.1) is 23.5 Å². The lowest BCUT2D eigenvalue weighted by Gasteiger charge is -2.39. The second kappa shape index (κ2) is 9.02. The van der Waals surface area contributed by atoms with E-state index in [-0.39, 0.29) is 35.5 Å². The standard InChI is InChI=1S/C25H24F5N5S/c26-19-9-21(33-11-17-18(12-33)24(17)34-13-31-32-14-34)20(27)8-16(19)10-35-23(25(28,29)30)7-6-22(36-35)15-4-2-1-3-5-15/h1-5,8-9,13-14,17-18,22-24H,6-7,10-12H2/t17-,18+,22-,23-,24+/m1/s1. The fourth-order valence-electron chi connectivity index (χ4n) is 5.72. The zero-order valence-corrected chi connectivity index (χ0v) is 20.0. The van der Waals surface area contributed by atoms with Crippen LogP contribution in [0.15, 0.2) is 55.1 Å². The van der Waals surface area contributed by atoms with Crippen molar-refractivity contribution in [1.82, 2.24) is 19.1 Å². The Bertz CT molecular complexity index is 1210. The van der Waals surface area contributed by atoms with Gasteiger partial charge in [0.15, 0.2) is 0 Å². The molecule has 1 aliphatic carbocycles. The van der Waals surface area contributed by atoms with Crippen molar-refractivity contribution in [1.29, 1.82) is 0 Å². The number of hydrogen-bond donors (Lipinski definition) is 0. The van der Waals surface area contributed by atoms with Gasteiger partial charge in [0.1, 0.15) is 30.3 Å². The minimum Gasteiger partial charge on any atom is -0.368 e. The van der Waals surface area contributed by atoms with Crippen molar-refractivity contribution in [2.75, 3.05) is 18.0 Å². The van der Waals surface area contributed by atoms with Crippen molar-refractivity contribution < 1.29 is 22.0 Å². The van der Waals surface area contributed by atoms with Gasteiger partial charge in [-0.2, -0.15) is 13.2 Å². The minimum atomic E-state index is -4.46. The molecule has 3 aliphatic rings. The van der Waals surface area contributed by atoms with Crippen LogP contribution in [-0.2, 0) is 6.54 Å². The first-order chi connectivity index (χ1) is 17.3.